The first kappa shape index (κ1) is 25.9. The van der Waals surface area contributed by atoms with Crippen LogP contribution >= 0.6 is 0 Å². The zero-order chi connectivity index (χ0) is 25.8. The van der Waals surface area contributed by atoms with E-state index in [1.54, 1.807) is 0 Å². The predicted octanol–water partition coefficient (Wildman–Crippen LogP) is 7.84. The molecule has 4 heteroatoms. The van der Waals surface area contributed by atoms with E-state index in [0.717, 1.165) is 61.5 Å². The fourth-order valence-corrected chi connectivity index (χ4v) is 5.53. The number of rotatable bonds is 11. The van der Waals surface area contributed by atoms with Crippen LogP contribution in [0.15, 0.2) is 48.5 Å². The summed E-state index contributed by atoms with van der Waals surface area (Å²) in [5.74, 6) is 2.16. The highest BCUT2D eigenvalue weighted by Gasteiger charge is 2.22. The molecule has 0 amide bonds. The van der Waals surface area contributed by atoms with Crippen molar-refractivity contribution in [3.63, 3.8) is 0 Å². The van der Waals surface area contributed by atoms with Gasteiger partial charge in [0.05, 0.1) is 16.7 Å². The first-order chi connectivity index (χ1) is 17.9. The van der Waals surface area contributed by atoms with Crippen LogP contribution in [0.3, 0.4) is 0 Å². The third-order valence-corrected chi connectivity index (χ3v) is 7.83. The summed E-state index contributed by atoms with van der Waals surface area (Å²) in [6.07, 6.45) is 9.85. The third-order valence-electron chi connectivity index (χ3n) is 7.83. The molecular weight excluding hydrogens is 452 g/mol. The van der Waals surface area contributed by atoms with Crippen molar-refractivity contribution in [1.29, 1.82) is 0 Å². The maximum atomic E-state index is 5.26. The average Bonchev–Trinajstić information content (AvgIpc) is 3.20. The van der Waals surface area contributed by atoms with Crippen molar-refractivity contribution in [1.82, 2.24) is 19.9 Å². The molecular formula is C33H44N4. The van der Waals surface area contributed by atoms with Crippen LogP contribution < -0.4 is 5.32 Å². The highest BCUT2D eigenvalue weighted by Crippen LogP contribution is 2.32. The van der Waals surface area contributed by atoms with E-state index in [9.17, 15) is 0 Å². The van der Waals surface area contributed by atoms with E-state index in [2.05, 4.69) is 86.1 Å². The second kappa shape index (κ2) is 11.3. The Hall–Kier alpha value is -2.72. The Morgan fingerprint density at radius 3 is 2.43 bits per heavy atom. The highest BCUT2D eigenvalue weighted by atomic mass is 15.1. The summed E-state index contributed by atoms with van der Waals surface area (Å²) in [6.45, 7) is 12.0. The van der Waals surface area contributed by atoms with Crippen molar-refractivity contribution >= 4 is 21.9 Å². The lowest BCUT2D eigenvalue weighted by atomic mass is 9.83. The van der Waals surface area contributed by atoms with Gasteiger partial charge in [-0.2, -0.15) is 0 Å². The van der Waals surface area contributed by atoms with E-state index in [0.29, 0.717) is 0 Å². The van der Waals surface area contributed by atoms with Crippen molar-refractivity contribution < 1.29 is 0 Å². The summed E-state index contributed by atoms with van der Waals surface area (Å²) in [7, 11) is 0. The van der Waals surface area contributed by atoms with Gasteiger partial charge in [0.2, 0.25) is 0 Å². The number of para-hydroxylation sites is 1. The number of pyridine rings is 1. The van der Waals surface area contributed by atoms with Gasteiger partial charge in [-0.15, -0.1) is 0 Å². The van der Waals surface area contributed by atoms with Crippen LogP contribution in [0.2, 0.25) is 0 Å². The minimum Gasteiger partial charge on any atom is -0.323 e. The number of imidazole rings is 1. The molecule has 0 saturated heterocycles. The molecule has 1 saturated carbocycles. The molecule has 2 aromatic heterocycles. The number of unbranched alkanes of at least 4 members (excludes halogenated alkanes) is 1. The van der Waals surface area contributed by atoms with E-state index in [1.165, 1.54) is 60.0 Å². The van der Waals surface area contributed by atoms with Crippen LogP contribution in [-0.2, 0) is 25.9 Å². The Balaban J connectivity index is 1.45. The zero-order valence-electron chi connectivity index (χ0n) is 23.3. The number of hydrogen-bond donors (Lipinski definition) is 1. The smallest absolute Gasteiger partial charge is 0.111 e. The lowest BCUT2D eigenvalue weighted by Crippen LogP contribution is -2.21. The molecule has 0 atom stereocenters. The maximum absolute atomic E-state index is 5.26. The first-order valence-corrected chi connectivity index (χ1v) is 14.5. The second-order valence-corrected chi connectivity index (χ2v) is 12.3. The Labute approximate surface area is 222 Å². The highest BCUT2D eigenvalue weighted by molar-refractivity contribution is 6.03. The van der Waals surface area contributed by atoms with Gasteiger partial charge in [-0.05, 0) is 54.3 Å². The number of nitrogens with zero attached hydrogens (tertiary/aromatic N) is 3. The molecule has 0 spiro atoms. The van der Waals surface area contributed by atoms with Crippen LogP contribution in [0, 0.1) is 11.3 Å². The summed E-state index contributed by atoms with van der Waals surface area (Å²) in [6, 6.07) is 17.8. The summed E-state index contributed by atoms with van der Waals surface area (Å²) >= 11 is 0. The van der Waals surface area contributed by atoms with Gasteiger partial charge in [0.15, 0.2) is 0 Å². The van der Waals surface area contributed by atoms with Crippen LogP contribution in [0.1, 0.15) is 88.9 Å². The Bertz CT molecular complexity index is 1320. The average molecular weight is 497 g/mol. The van der Waals surface area contributed by atoms with E-state index >= 15 is 0 Å². The molecule has 0 unspecified atom stereocenters. The minimum atomic E-state index is 0.150. The van der Waals surface area contributed by atoms with Crippen molar-refractivity contribution in [3.05, 3.63) is 71.2 Å². The summed E-state index contributed by atoms with van der Waals surface area (Å²) in [5, 5.41) is 4.85. The predicted molar refractivity (Wildman–Crippen MR) is 156 cm³/mol. The first-order valence-electron chi connectivity index (χ1n) is 14.5. The molecule has 0 radical (unpaired) electrons. The van der Waals surface area contributed by atoms with Gasteiger partial charge < -0.3 is 9.88 Å². The molecule has 1 aliphatic rings. The SMILES string of the molecule is CCCCc1nc2c(CC(C)(C)C)nc3ccccc3c2n1Cc1ccc(CNCCC2CCC2)cc1. The number of aryl methyl sites for hydroxylation is 1. The van der Waals surface area contributed by atoms with Gasteiger partial charge in [-0.3, -0.25) is 4.98 Å². The summed E-state index contributed by atoms with van der Waals surface area (Å²) < 4.78 is 2.48. The molecule has 5 rings (SSSR count). The fourth-order valence-electron chi connectivity index (χ4n) is 5.53. The molecule has 0 bridgehead atoms. The third kappa shape index (κ3) is 6.23. The van der Waals surface area contributed by atoms with Crippen molar-refractivity contribution in [2.45, 2.75) is 92.2 Å². The lowest BCUT2D eigenvalue weighted by molar-refractivity contribution is 0.292. The van der Waals surface area contributed by atoms with Gasteiger partial charge in [0.1, 0.15) is 11.3 Å². The van der Waals surface area contributed by atoms with Gasteiger partial charge in [-0.25, -0.2) is 4.98 Å². The molecule has 4 aromatic rings. The molecule has 196 valence electrons. The second-order valence-electron chi connectivity index (χ2n) is 12.3. The molecule has 4 nitrogen and oxygen atoms in total. The normalized spacial score (nSPS) is 14.5. The zero-order valence-corrected chi connectivity index (χ0v) is 23.3. The molecule has 2 heterocycles. The Morgan fingerprint density at radius 1 is 0.973 bits per heavy atom. The molecule has 1 aliphatic carbocycles. The fraction of sp³-hybridized carbons (Fsp3) is 0.515. The van der Waals surface area contributed by atoms with Crippen LogP contribution in [0.5, 0.6) is 0 Å². The van der Waals surface area contributed by atoms with Gasteiger partial charge in [0.25, 0.3) is 0 Å². The Morgan fingerprint density at radius 2 is 1.73 bits per heavy atom. The minimum absolute atomic E-state index is 0.150. The van der Waals surface area contributed by atoms with Crippen molar-refractivity contribution in [3.8, 4) is 0 Å². The van der Waals surface area contributed by atoms with E-state index in [1.807, 2.05) is 0 Å². The number of nitrogens with one attached hydrogen (secondary N) is 1. The molecule has 2 aromatic carbocycles. The van der Waals surface area contributed by atoms with E-state index in [-0.39, 0.29) is 5.41 Å². The molecule has 0 aliphatic heterocycles. The number of aromatic nitrogens is 3. The summed E-state index contributed by atoms with van der Waals surface area (Å²) in [4.78, 5) is 10.4. The molecule has 1 fully saturated rings. The largest absolute Gasteiger partial charge is 0.323 e. The van der Waals surface area contributed by atoms with Crippen LogP contribution in [0.25, 0.3) is 21.9 Å². The van der Waals surface area contributed by atoms with Gasteiger partial charge in [0, 0.05) is 24.9 Å². The number of fused-ring (bicyclic) bond motifs is 3. The molecule has 37 heavy (non-hydrogen) atoms. The lowest BCUT2D eigenvalue weighted by Gasteiger charge is -2.25. The molecule has 1 N–H and O–H groups in total. The number of hydrogen-bond acceptors (Lipinski definition) is 3. The van der Waals surface area contributed by atoms with Crippen LogP contribution in [0.4, 0.5) is 0 Å². The quantitative estimate of drug-likeness (QED) is 0.215. The van der Waals surface area contributed by atoms with Gasteiger partial charge >= 0.3 is 0 Å². The van der Waals surface area contributed by atoms with E-state index in [4.69, 9.17) is 9.97 Å². The summed E-state index contributed by atoms with van der Waals surface area (Å²) in [5.41, 5.74) is 7.37. The Kier molecular flexibility index (Phi) is 7.95. The van der Waals surface area contributed by atoms with Crippen LogP contribution in [-0.4, -0.2) is 21.1 Å². The number of benzene rings is 2. The monoisotopic (exact) mass is 496 g/mol. The topological polar surface area (TPSA) is 42.7 Å². The van der Waals surface area contributed by atoms with Crippen molar-refractivity contribution in [2.24, 2.45) is 11.3 Å². The standard InChI is InChI=1S/C33H44N4/c1-5-6-14-30-36-31-29(21-33(2,3)4)35-28-13-8-7-12-27(28)32(31)37(30)23-26-17-15-25(16-18-26)22-34-20-19-24-10-9-11-24/h7-8,12-13,15-18,24,34H,5-6,9-11,14,19-23H2,1-4H3. The van der Waals surface area contributed by atoms with E-state index < -0.39 is 0 Å². The van der Waals surface area contributed by atoms with Gasteiger partial charge in [-0.1, -0.05) is 95.8 Å². The van der Waals surface area contributed by atoms with Crippen molar-refractivity contribution in [2.75, 3.05) is 6.54 Å². The maximum Gasteiger partial charge on any atom is 0.111 e.